The molecule has 7 heteroatoms. The highest BCUT2D eigenvalue weighted by atomic mass is 16.6. The molecule has 0 aromatic heterocycles. The van der Waals surface area contributed by atoms with Gasteiger partial charge in [-0.15, -0.1) is 0 Å². The Hall–Kier alpha value is -2.70. The zero-order valence-electron chi connectivity index (χ0n) is 10.7. The van der Waals surface area contributed by atoms with Gasteiger partial charge in [0, 0.05) is 12.1 Å². The van der Waals surface area contributed by atoms with Gasteiger partial charge in [0.15, 0.2) is 0 Å². The fraction of sp³-hybridized carbons (Fsp3) is 0.231. The van der Waals surface area contributed by atoms with Gasteiger partial charge in [-0.05, 0) is 18.6 Å². The van der Waals surface area contributed by atoms with Gasteiger partial charge in [-0.25, -0.2) is 4.79 Å². The first kappa shape index (κ1) is 15.4. The van der Waals surface area contributed by atoms with E-state index in [-0.39, 0.29) is 29.8 Å². The van der Waals surface area contributed by atoms with Crippen molar-refractivity contribution >= 4 is 23.7 Å². The van der Waals surface area contributed by atoms with Crippen LogP contribution in [0.1, 0.15) is 29.3 Å². The third kappa shape index (κ3) is 4.20. The minimum absolute atomic E-state index is 0.00386. The molecule has 1 rings (SSSR count). The molecule has 0 fully saturated rings. The van der Waals surface area contributed by atoms with Crippen LogP contribution in [-0.2, 0) is 9.53 Å². The number of rotatable bonds is 6. The number of ether oxygens (including phenoxy) is 1. The number of carboxylic acid groups (broad SMARTS) is 1. The topological polar surface area (TPSA) is 107 Å². The Balaban J connectivity index is 2.94. The van der Waals surface area contributed by atoms with Gasteiger partial charge in [0.1, 0.15) is 0 Å². The highest BCUT2D eigenvalue weighted by Crippen LogP contribution is 2.19. The summed E-state index contributed by atoms with van der Waals surface area (Å²) < 4.78 is 4.71. The maximum absolute atomic E-state index is 11.1. The number of non-ortho nitro benzene ring substituents is 1. The molecule has 0 saturated carbocycles. The van der Waals surface area contributed by atoms with Crippen LogP contribution >= 0.6 is 0 Å². The number of nitro groups is 1. The molecule has 1 N–H and O–H groups in total. The zero-order chi connectivity index (χ0) is 15.1. The van der Waals surface area contributed by atoms with Crippen molar-refractivity contribution in [3.05, 3.63) is 45.5 Å². The van der Waals surface area contributed by atoms with Gasteiger partial charge in [0.05, 0.1) is 23.5 Å². The number of nitro benzene ring substituents is 1. The van der Waals surface area contributed by atoms with Crippen molar-refractivity contribution in [1.82, 2.24) is 0 Å². The van der Waals surface area contributed by atoms with Gasteiger partial charge in [0.2, 0.25) is 0 Å². The van der Waals surface area contributed by atoms with Crippen LogP contribution in [0.25, 0.3) is 6.08 Å². The fourth-order valence-electron chi connectivity index (χ4n) is 1.49. The monoisotopic (exact) mass is 279 g/mol. The van der Waals surface area contributed by atoms with Crippen molar-refractivity contribution in [2.45, 2.75) is 13.3 Å². The second-order valence-corrected chi connectivity index (χ2v) is 3.75. The van der Waals surface area contributed by atoms with Crippen molar-refractivity contribution in [2.75, 3.05) is 6.61 Å². The standard InChI is InChI=1S/C13H13NO6/c1-2-20-12(15)5-3-4-9-6-7-10(14(18)19)8-11(9)13(16)17/h3-4,6-8H,2,5H2,1H3,(H,16,17). The lowest BCUT2D eigenvalue weighted by Gasteiger charge is -2.01. The molecule has 0 bridgehead atoms. The largest absolute Gasteiger partial charge is 0.478 e. The van der Waals surface area contributed by atoms with Crippen LogP contribution < -0.4 is 0 Å². The van der Waals surface area contributed by atoms with Gasteiger partial charge >= 0.3 is 11.9 Å². The van der Waals surface area contributed by atoms with Crippen LogP contribution in [0.2, 0.25) is 0 Å². The second-order valence-electron chi connectivity index (χ2n) is 3.75. The molecule has 0 aliphatic rings. The molecule has 0 aliphatic carbocycles. The zero-order valence-corrected chi connectivity index (χ0v) is 10.7. The highest BCUT2D eigenvalue weighted by Gasteiger charge is 2.14. The van der Waals surface area contributed by atoms with E-state index >= 15 is 0 Å². The lowest BCUT2D eigenvalue weighted by molar-refractivity contribution is -0.384. The van der Waals surface area contributed by atoms with Gasteiger partial charge in [-0.2, -0.15) is 0 Å². The van der Waals surface area contributed by atoms with E-state index in [2.05, 4.69) is 0 Å². The summed E-state index contributed by atoms with van der Waals surface area (Å²) in [4.78, 5) is 32.1. The van der Waals surface area contributed by atoms with Gasteiger partial charge in [0.25, 0.3) is 5.69 Å². The average Bonchev–Trinajstić information content (AvgIpc) is 2.38. The fourth-order valence-corrected chi connectivity index (χ4v) is 1.49. The Bertz CT molecular complexity index is 564. The van der Waals surface area contributed by atoms with E-state index in [9.17, 15) is 19.7 Å². The Morgan fingerprint density at radius 2 is 2.15 bits per heavy atom. The van der Waals surface area contributed by atoms with Crippen LogP contribution in [0, 0.1) is 10.1 Å². The minimum atomic E-state index is -1.27. The van der Waals surface area contributed by atoms with Crippen molar-refractivity contribution in [2.24, 2.45) is 0 Å². The lowest BCUT2D eigenvalue weighted by Crippen LogP contribution is -2.02. The smallest absolute Gasteiger partial charge is 0.336 e. The predicted octanol–water partition coefficient (Wildman–Crippen LogP) is 2.26. The Labute approximate surface area is 114 Å². The number of aromatic carboxylic acids is 1. The lowest BCUT2D eigenvalue weighted by atomic mass is 10.1. The first-order chi connectivity index (χ1) is 9.45. The van der Waals surface area contributed by atoms with E-state index in [1.807, 2.05) is 0 Å². The Kier molecular flexibility index (Phi) is 5.40. The molecule has 0 aliphatic heterocycles. The highest BCUT2D eigenvalue weighted by molar-refractivity contribution is 5.93. The number of carboxylic acids is 1. The third-order valence-electron chi connectivity index (χ3n) is 2.37. The van der Waals surface area contributed by atoms with Crippen molar-refractivity contribution < 1.29 is 24.4 Å². The summed E-state index contributed by atoms with van der Waals surface area (Å²) in [6.07, 6.45) is 2.87. The molecule has 0 atom stereocenters. The maximum atomic E-state index is 11.1. The summed E-state index contributed by atoms with van der Waals surface area (Å²) in [5.74, 6) is -1.70. The number of nitrogens with zero attached hydrogens (tertiary/aromatic N) is 1. The van der Waals surface area contributed by atoms with E-state index in [0.717, 1.165) is 6.07 Å². The number of benzene rings is 1. The number of esters is 1. The SMILES string of the molecule is CCOC(=O)CC=Cc1ccc([N+](=O)[O-])cc1C(=O)O. The maximum Gasteiger partial charge on any atom is 0.336 e. The quantitative estimate of drug-likeness (QED) is 0.486. The minimum Gasteiger partial charge on any atom is -0.478 e. The first-order valence-corrected chi connectivity index (χ1v) is 5.79. The summed E-state index contributed by atoms with van der Waals surface area (Å²) in [5, 5.41) is 19.6. The van der Waals surface area contributed by atoms with Crippen molar-refractivity contribution in [3.63, 3.8) is 0 Å². The van der Waals surface area contributed by atoms with Crippen LogP contribution in [-0.4, -0.2) is 28.6 Å². The summed E-state index contributed by atoms with van der Waals surface area (Å²) in [7, 11) is 0. The van der Waals surface area contributed by atoms with Crippen LogP contribution in [0.4, 0.5) is 5.69 Å². The van der Waals surface area contributed by atoms with E-state index in [4.69, 9.17) is 9.84 Å². The summed E-state index contributed by atoms with van der Waals surface area (Å²) in [6.45, 7) is 1.95. The molecule has 1 aromatic rings. The molecule has 0 saturated heterocycles. The number of hydrogen-bond acceptors (Lipinski definition) is 5. The van der Waals surface area contributed by atoms with E-state index in [1.54, 1.807) is 6.92 Å². The molecule has 0 heterocycles. The number of hydrogen-bond donors (Lipinski definition) is 1. The van der Waals surface area contributed by atoms with Crippen LogP contribution in [0.15, 0.2) is 24.3 Å². The molecule has 20 heavy (non-hydrogen) atoms. The molecule has 0 spiro atoms. The molecule has 7 nitrogen and oxygen atoms in total. The predicted molar refractivity (Wildman–Crippen MR) is 70.3 cm³/mol. The summed E-state index contributed by atoms with van der Waals surface area (Å²) >= 11 is 0. The average molecular weight is 279 g/mol. The Morgan fingerprint density at radius 3 is 2.70 bits per heavy atom. The molecular formula is C13H13NO6. The molecule has 0 unspecified atom stereocenters. The molecular weight excluding hydrogens is 266 g/mol. The van der Waals surface area contributed by atoms with Gasteiger partial charge in [-0.3, -0.25) is 14.9 Å². The van der Waals surface area contributed by atoms with Gasteiger partial charge in [-0.1, -0.05) is 12.2 Å². The van der Waals surface area contributed by atoms with E-state index in [0.29, 0.717) is 0 Å². The van der Waals surface area contributed by atoms with E-state index in [1.165, 1.54) is 24.3 Å². The van der Waals surface area contributed by atoms with Crippen molar-refractivity contribution in [1.29, 1.82) is 0 Å². The summed E-state index contributed by atoms with van der Waals surface area (Å²) in [6, 6.07) is 3.51. The number of carbonyl (C=O) groups is 2. The molecule has 1 aromatic carbocycles. The first-order valence-electron chi connectivity index (χ1n) is 5.79. The number of carbonyl (C=O) groups excluding carboxylic acids is 1. The summed E-state index contributed by atoms with van der Waals surface area (Å²) in [5.41, 5.74) is -0.211. The molecule has 0 amide bonds. The molecule has 0 radical (unpaired) electrons. The third-order valence-corrected chi connectivity index (χ3v) is 2.37. The second kappa shape index (κ2) is 7.03. The van der Waals surface area contributed by atoms with Crippen LogP contribution in [0.5, 0.6) is 0 Å². The molecule has 106 valence electrons. The normalized spacial score (nSPS) is 10.4. The van der Waals surface area contributed by atoms with Gasteiger partial charge < -0.3 is 9.84 Å². The van der Waals surface area contributed by atoms with Crippen LogP contribution in [0.3, 0.4) is 0 Å². The van der Waals surface area contributed by atoms with E-state index < -0.39 is 16.9 Å². The van der Waals surface area contributed by atoms with Crippen molar-refractivity contribution in [3.8, 4) is 0 Å². The Morgan fingerprint density at radius 1 is 1.45 bits per heavy atom.